The molecule has 2 unspecified atom stereocenters. The molecule has 0 aliphatic heterocycles. The summed E-state index contributed by atoms with van der Waals surface area (Å²) in [5.74, 6) is 1.85. The van der Waals surface area contributed by atoms with Crippen LogP contribution in [-0.4, -0.2) is 26.3 Å². The van der Waals surface area contributed by atoms with E-state index < -0.39 is 0 Å². The summed E-state index contributed by atoms with van der Waals surface area (Å²) >= 11 is 0. The van der Waals surface area contributed by atoms with Gasteiger partial charge in [-0.05, 0) is 89.2 Å². The SMILES string of the molecule is C=C(/C=C(/C)NC)COC1CC(C)CC(C)(C)C1.C=C(C)NCCC.C=C/C(C)=C\C=C(C)C.CC.CCC1CCCCC1. The lowest BCUT2D eigenvalue weighted by atomic mass is 9.71. The van der Waals surface area contributed by atoms with E-state index >= 15 is 0 Å². The number of hydrogen-bond donors (Lipinski definition) is 2. The molecular weight excluding hydrogens is 536 g/mol. The van der Waals surface area contributed by atoms with Crippen LogP contribution in [0.25, 0.3) is 0 Å². The summed E-state index contributed by atoms with van der Waals surface area (Å²) < 4.78 is 6.02. The van der Waals surface area contributed by atoms with Gasteiger partial charge in [-0.25, -0.2) is 0 Å². The van der Waals surface area contributed by atoms with E-state index in [2.05, 4.69) is 97.1 Å². The highest BCUT2D eigenvalue weighted by molar-refractivity contribution is 5.21. The van der Waals surface area contributed by atoms with Crippen molar-refractivity contribution in [2.45, 2.75) is 153 Å². The highest BCUT2D eigenvalue weighted by Crippen LogP contribution is 2.39. The van der Waals surface area contributed by atoms with Crippen LogP contribution in [0, 0.1) is 17.3 Å². The Hall–Kier alpha value is -2.00. The first-order valence-corrected chi connectivity index (χ1v) is 17.7. The molecule has 0 spiro atoms. The standard InChI is InChI=1S/C16H29NO.C9H14.C8H16.C6H13N.C2H6/c1-12-8-15(10-16(4,5)9-12)18-11-13(2)7-14(3)17-6;1-5-9(4)7-6-8(2)3;1-2-8-6-4-3-5-7-8;1-4-5-7-6(2)3;1-2/h7,12,15,17H,2,8-11H2,1,3-6H3;5-7H,1H2,2-4H3;8H,2-7H2,1H3;7H,2,4-5H2,1,3H3;1-2H3/b14-7-;9-7-;;;. The predicted octanol–water partition coefficient (Wildman–Crippen LogP) is 12.5. The second kappa shape index (κ2) is 29.7. The smallest absolute Gasteiger partial charge is 0.0715 e. The first-order chi connectivity index (χ1) is 20.7. The van der Waals surface area contributed by atoms with Crippen molar-refractivity contribution in [3.63, 3.8) is 0 Å². The van der Waals surface area contributed by atoms with Gasteiger partial charge in [0.15, 0.2) is 0 Å². The molecule has 2 aliphatic carbocycles. The third-order valence-corrected chi connectivity index (χ3v) is 7.65. The van der Waals surface area contributed by atoms with Gasteiger partial charge in [-0.3, -0.25) is 0 Å². The van der Waals surface area contributed by atoms with Gasteiger partial charge in [0.25, 0.3) is 0 Å². The molecule has 0 heterocycles. The first kappa shape index (κ1) is 46.4. The Morgan fingerprint density at radius 3 is 1.91 bits per heavy atom. The van der Waals surface area contributed by atoms with Crippen molar-refractivity contribution in [2.24, 2.45) is 17.3 Å². The van der Waals surface area contributed by atoms with Crippen LogP contribution < -0.4 is 10.6 Å². The van der Waals surface area contributed by atoms with Crippen molar-refractivity contribution in [1.82, 2.24) is 10.6 Å². The first-order valence-electron chi connectivity index (χ1n) is 17.7. The minimum Gasteiger partial charge on any atom is -0.392 e. The van der Waals surface area contributed by atoms with E-state index in [0.29, 0.717) is 18.1 Å². The third kappa shape index (κ3) is 31.4. The molecule has 3 heteroatoms. The van der Waals surface area contributed by atoms with Crippen LogP contribution >= 0.6 is 0 Å². The zero-order valence-electron chi connectivity index (χ0n) is 32.1. The van der Waals surface area contributed by atoms with E-state index in [-0.39, 0.29) is 0 Å². The summed E-state index contributed by atoms with van der Waals surface area (Å²) in [5.41, 5.74) is 6.16. The topological polar surface area (TPSA) is 33.3 Å². The Morgan fingerprint density at radius 2 is 1.52 bits per heavy atom. The van der Waals surface area contributed by atoms with E-state index in [0.717, 1.165) is 35.3 Å². The normalized spacial score (nSPS) is 19.4. The Labute approximate surface area is 277 Å². The van der Waals surface area contributed by atoms with Gasteiger partial charge in [0.2, 0.25) is 0 Å². The molecule has 0 radical (unpaired) electrons. The Morgan fingerprint density at radius 1 is 0.932 bits per heavy atom. The molecule has 2 aliphatic rings. The Kier molecular flexibility index (Phi) is 31.3. The zero-order chi connectivity index (χ0) is 34.6. The molecule has 0 aromatic heterocycles. The fraction of sp³-hybridized carbons (Fsp3) is 0.707. The molecule has 2 atom stereocenters. The van der Waals surface area contributed by atoms with Crippen molar-refractivity contribution >= 4 is 0 Å². The van der Waals surface area contributed by atoms with Crippen LogP contribution in [0.4, 0.5) is 0 Å². The zero-order valence-corrected chi connectivity index (χ0v) is 32.1. The van der Waals surface area contributed by atoms with Gasteiger partial charge in [-0.1, -0.05) is 136 Å². The van der Waals surface area contributed by atoms with E-state index in [1.165, 1.54) is 75.4 Å². The Bertz CT molecular complexity index is 820. The average Bonchev–Trinajstić information content (AvgIpc) is 2.99. The average molecular weight is 615 g/mol. The van der Waals surface area contributed by atoms with Crippen LogP contribution in [0.3, 0.4) is 0 Å². The molecule has 3 nitrogen and oxygen atoms in total. The van der Waals surface area contributed by atoms with Crippen LogP contribution in [0.2, 0.25) is 0 Å². The molecule has 2 fully saturated rings. The number of nitrogens with one attached hydrogen (secondary N) is 2. The summed E-state index contributed by atoms with van der Waals surface area (Å²) in [5, 5.41) is 6.20. The van der Waals surface area contributed by atoms with Crippen molar-refractivity contribution in [2.75, 3.05) is 20.2 Å². The molecule has 0 bridgehead atoms. The third-order valence-electron chi connectivity index (χ3n) is 7.65. The van der Waals surface area contributed by atoms with Crippen molar-refractivity contribution in [1.29, 1.82) is 0 Å². The van der Waals surface area contributed by atoms with Crippen LogP contribution in [0.15, 0.2) is 72.2 Å². The minimum atomic E-state index is 0.392. The molecular formula is C41H78N2O. The van der Waals surface area contributed by atoms with Crippen molar-refractivity contribution in [3.05, 3.63) is 72.2 Å². The molecule has 2 saturated carbocycles. The lowest BCUT2D eigenvalue weighted by molar-refractivity contribution is -0.0125. The van der Waals surface area contributed by atoms with Gasteiger partial charge in [0, 0.05) is 25.0 Å². The van der Waals surface area contributed by atoms with Crippen LogP contribution in [0.1, 0.15) is 147 Å². The number of rotatable bonds is 11. The second-order valence-electron chi connectivity index (χ2n) is 13.6. The predicted molar refractivity (Wildman–Crippen MR) is 203 cm³/mol. The fourth-order valence-corrected chi connectivity index (χ4v) is 5.33. The number of allylic oxidation sites excluding steroid dienone is 7. The van der Waals surface area contributed by atoms with Gasteiger partial charge >= 0.3 is 0 Å². The molecule has 44 heavy (non-hydrogen) atoms. The Balaban J connectivity index is -0.000000545. The van der Waals surface area contributed by atoms with Crippen LogP contribution in [-0.2, 0) is 4.74 Å². The van der Waals surface area contributed by atoms with Crippen molar-refractivity contribution < 1.29 is 4.74 Å². The molecule has 0 aromatic carbocycles. The van der Waals surface area contributed by atoms with Gasteiger partial charge in [-0.2, -0.15) is 0 Å². The summed E-state index contributed by atoms with van der Waals surface area (Å²) in [6.07, 6.45) is 22.2. The molecule has 0 amide bonds. The number of ether oxygens (including phenoxy) is 1. The number of hydrogen-bond acceptors (Lipinski definition) is 3. The molecule has 2 N–H and O–H groups in total. The highest BCUT2D eigenvalue weighted by atomic mass is 16.5. The lowest BCUT2D eigenvalue weighted by Crippen LogP contribution is -2.32. The lowest BCUT2D eigenvalue weighted by Gasteiger charge is -2.38. The van der Waals surface area contributed by atoms with Gasteiger partial charge in [-0.15, -0.1) is 0 Å². The summed E-state index contributed by atoms with van der Waals surface area (Å²) in [4.78, 5) is 0. The molecule has 2 rings (SSSR count). The monoisotopic (exact) mass is 615 g/mol. The summed E-state index contributed by atoms with van der Waals surface area (Å²) in [6, 6.07) is 0. The molecule has 0 aromatic rings. The fourth-order valence-electron chi connectivity index (χ4n) is 5.33. The van der Waals surface area contributed by atoms with Crippen LogP contribution in [0.5, 0.6) is 0 Å². The molecule has 0 saturated heterocycles. The van der Waals surface area contributed by atoms with E-state index in [1.807, 2.05) is 47.7 Å². The molecule has 258 valence electrons. The van der Waals surface area contributed by atoms with Crippen molar-refractivity contribution in [3.8, 4) is 0 Å². The van der Waals surface area contributed by atoms with Gasteiger partial charge in [0.1, 0.15) is 0 Å². The van der Waals surface area contributed by atoms with Gasteiger partial charge < -0.3 is 15.4 Å². The van der Waals surface area contributed by atoms with E-state index in [4.69, 9.17) is 4.74 Å². The largest absolute Gasteiger partial charge is 0.392 e. The maximum atomic E-state index is 6.02. The maximum Gasteiger partial charge on any atom is 0.0715 e. The maximum absolute atomic E-state index is 6.02. The summed E-state index contributed by atoms with van der Waals surface area (Å²) in [7, 11) is 1.92. The van der Waals surface area contributed by atoms with Gasteiger partial charge in [0.05, 0.1) is 12.7 Å². The summed E-state index contributed by atoms with van der Waals surface area (Å²) in [6.45, 7) is 38.7. The highest BCUT2D eigenvalue weighted by Gasteiger charge is 2.32. The second-order valence-corrected chi connectivity index (χ2v) is 13.6. The van der Waals surface area contributed by atoms with E-state index in [1.54, 1.807) is 0 Å². The van der Waals surface area contributed by atoms with E-state index in [9.17, 15) is 0 Å². The quantitative estimate of drug-likeness (QED) is 0.227. The minimum absolute atomic E-state index is 0.392.